The first kappa shape index (κ1) is 20.3. The van der Waals surface area contributed by atoms with Gasteiger partial charge >= 0.3 is 11.9 Å². The van der Waals surface area contributed by atoms with Crippen LogP contribution in [0.5, 0.6) is 0 Å². The van der Waals surface area contributed by atoms with Crippen LogP contribution in [0.25, 0.3) is 10.6 Å². The van der Waals surface area contributed by atoms with Crippen LogP contribution in [-0.4, -0.2) is 41.3 Å². The van der Waals surface area contributed by atoms with Crippen molar-refractivity contribution in [1.29, 1.82) is 0 Å². The third kappa shape index (κ3) is 3.20. The number of carboxylic acid groups (broad SMARTS) is 2. The maximum atomic E-state index is 13.0. The van der Waals surface area contributed by atoms with Gasteiger partial charge in [-0.1, -0.05) is 42.4 Å². The topological polar surface area (TPSA) is 147 Å². The molecule has 0 spiro atoms. The number of carboxylic acids is 2. The van der Waals surface area contributed by atoms with E-state index in [1.165, 1.54) is 18.2 Å². The van der Waals surface area contributed by atoms with Crippen molar-refractivity contribution in [3.63, 3.8) is 0 Å². The lowest BCUT2D eigenvalue weighted by Gasteiger charge is -2.15. The molecule has 3 N–H and O–H groups in total. The van der Waals surface area contributed by atoms with Crippen molar-refractivity contribution in [1.82, 2.24) is 9.88 Å². The van der Waals surface area contributed by atoms with Crippen LogP contribution in [0.4, 0.5) is 0 Å². The molecule has 0 bridgehead atoms. The van der Waals surface area contributed by atoms with Crippen molar-refractivity contribution in [3.8, 4) is 10.6 Å². The molecule has 0 aliphatic heterocycles. The van der Waals surface area contributed by atoms with E-state index in [9.17, 15) is 23.1 Å². The predicted molar refractivity (Wildman–Crippen MR) is 106 cm³/mol. The summed E-state index contributed by atoms with van der Waals surface area (Å²) in [5, 5.41) is 22.4. The summed E-state index contributed by atoms with van der Waals surface area (Å²) in [6, 6.07) is 12.9. The number of thiophene rings is 1. The van der Waals surface area contributed by atoms with E-state index < -0.39 is 39.3 Å². The lowest BCUT2D eigenvalue weighted by atomic mass is 10.1. The van der Waals surface area contributed by atoms with Gasteiger partial charge in [0, 0.05) is 12.0 Å². The molecule has 1 aliphatic carbocycles. The van der Waals surface area contributed by atoms with Gasteiger partial charge in [0.05, 0.1) is 4.88 Å². The molecule has 2 heterocycles. The van der Waals surface area contributed by atoms with Gasteiger partial charge in [0.2, 0.25) is 5.76 Å². The summed E-state index contributed by atoms with van der Waals surface area (Å²) in [5.41, 5.74) is -0.728. The van der Waals surface area contributed by atoms with Crippen LogP contribution in [0.15, 0.2) is 57.3 Å². The first-order valence-corrected chi connectivity index (χ1v) is 11.1. The van der Waals surface area contributed by atoms with E-state index >= 15 is 0 Å². The molecule has 156 valence electrons. The summed E-state index contributed by atoms with van der Waals surface area (Å²) in [6.45, 7) is 1.69. The highest BCUT2D eigenvalue weighted by atomic mass is 32.2. The van der Waals surface area contributed by atoms with Crippen molar-refractivity contribution in [2.24, 2.45) is 5.92 Å². The Bertz CT molecular complexity index is 1230. The van der Waals surface area contributed by atoms with Crippen LogP contribution in [0.1, 0.15) is 29.0 Å². The SMILES string of the molecule is CC1C(c2ccccc2)C1(NS(=O)(=O)c1ccc(-c2cc(C(=O)O)on2)s1)C(=O)O. The van der Waals surface area contributed by atoms with Gasteiger partial charge in [-0.05, 0) is 23.6 Å². The first-order chi connectivity index (χ1) is 14.2. The highest BCUT2D eigenvalue weighted by Crippen LogP contribution is 2.58. The molecule has 1 aromatic carbocycles. The van der Waals surface area contributed by atoms with Gasteiger partial charge in [-0.2, -0.15) is 4.72 Å². The average molecular weight is 448 g/mol. The number of aliphatic carboxylic acids is 1. The van der Waals surface area contributed by atoms with Gasteiger partial charge in [-0.15, -0.1) is 11.3 Å². The van der Waals surface area contributed by atoms with Crippen molar-refractivity contribution in [3.05, 3.63) is 59.9 Å². The number of sulfonamides is 1. The van der Waals surface area contributed by atoms with E-state index in [-0.39, 0.29) is 15.7 Å². The predicted octanol–water partition coefficient (Wildman–Crippen LogP) is 2.64. The maximum Gasteiger partial charge on any atom is 0.374 e. The molecule has 30 heavy (non-hydrogen) atoms. The molecule has 3 atom stereocenters. The number of benzene rings is 1. The van der Waals surface area contributed by atoms with Crippen LogP contribution in [-0.2, 0) is 14.8 Å². The van der Waals surface area contributed by atoms with E-state index in [4.69, 9.17) is 5.11 Å². The van der Waals surface area contributed by atoms with Crippen molar-refractivity contribution in [2.45, 2.75) is 22.6 Å². The van der Waals surface area contributed by atoms with Crippen LogP contribution in [0, 0.1) is 5.92 Å². The zero-order valence-electron chi connectivity index (χ0n) is 15.5. The molecule has 3 aromatic rings. The number of nitrogens with one attached hydrogen (secondary N) is 1. The molecule has 0 radical (unpaired) electrons. The summed E-state index contributed by atoms with van der Waals surface area (Å²) in [5.74, 6) is -3.85. The molecular weight excluding hydrogens is 432 g/mol. The molecule has 0 amide bonds. The fourth-order valence-electron chi connectivity index (χ4n) is 3.67. The van der Waals surface area contributed by atoms with Crippen molar-refractivity contribution >= 4 is 33.3 Å². The maximum absolute atomic E-state index is 13.0. The summed E-state index contributed by atoms with van der Waals surface area (Å²) in [6.07, 6.45) is 0. The lowest BCUT2D eigenvalue weighted by molar-refractivity contribution is -0.140. The van der Waals surface area contributed by atoms with Crippen molar-refractivity contribution in [2.75, 3.05) is 0 Å². The summed E-state index contributed by atoms with van der Waals surface area (Å²) in [7, 11) is -4.16. The number of hydrogen-bond donors (Lipinski definition) is 3. The molecule has 11 heteroatoms. The number of rotatable bonds is 7. The van der Waals surface area contributed by atoms with Gasteiger partial charge < -0.3 is 14.7 Å². The van der Waals surface area contributed by atoms with Gasteiger partial charge in [-0.3, -0.25) is 4.79 Å². The Morgan fingerprint density at radius 3 is 2.47 bits per heavy atom. The fourth-order valence-corrected chi connectivity index (χ4v) is 6.38. The standard InChI is InChI=1S/C19H16N2O7S2/c1-10-16(11-5-3-2-4-6-11)19(10,18(24)25)21-30(26,27)15-8-7-14(29-15)12-9-13(17(22)23)28-20-12/h2-10,16,21H,1H3,(H,22,23)(H,24,25). The quantitative estimate of drug-likeness (QED) is 0.500. The van der Waals surface area contributed by atoms with Gasteiger partial charge in [0.25, 0.3) is 10.0 Å². The number of aromatic carboxylic acids is 1. The Kier molecular flexibility index (Phi) is 4.76. The summed E-state index contributed by atoms with van der Waals surface area (Å²) in [4.78, 5) is 23.4. The van der Waals surface area contributed by atoms with E-state index in [0.717, 1.165) is 16.9 Å². The van der Waals surface area contributed by atoms with E-state index in [1.54, 1.807) is 37.3 Å². The summed E-state index contributed by atoms with van der Waals surface area (Å²) >= 11 is 0.838. The van der Waals surface area contributed by atoms with Crippen LogP contribution in [0.3, 0.4) is 0 Å². The fraction of sp³-hybridized carbons (Fsp3) is 0.211. The minimum absolute atomic E-state index is 0.107. The molecule has 2 aromatic heterocycles. The minimum Gasteiger partial charge on any atom is -0.480 e. The summed E-state index contributed by atoms with van der Waals surface area (Å²) < 4.78 is 32.9. The number of carbonyl (C=O) groups is 2. The third-order valence-corrected chi connectivity index (χ3v) is 8.32. The van der Waals surface area contributed by atoms with Gasteiger partial charge in [0.15, 0.2) is 0 Å². The van der Waals surface area contributed by atoms with Crippen LogP contribution >= 0.6 is 11.3 Å². The molecular formula is C19H16N2O7S2. The van der Waals surface area contributed by atoms with Crippen LogP contribution < -0.4 is 4.72 Å². The molecule has 1 fully saturated rings. The number of aromatic nitrogens is 1. The molecule has 1 aliphatic rings. The zero-order valence-corrected chi connectivity index (χ0v) is 17.1. The number of hydrogen-bond acceptors (Lipinski definition) is 7. The Hall–Kier alpha value is -3.02. The van der Waals surface area contributed by atoms with Crippen LogP contribution in [0.2, 0.25) is 0 Å². The largest absolute Gasteiger partial charge is 0.480 e. The normalized spacial score (nSPS) is 23.2. The average Bonchev–Trinajstić information content (AvgIpc) is 3.14. The molecule has 3 unspecified atom stereocenters. The monoisotopic (exact) mass is 448 g/mol. The second-order valence-electron chi connectivity index (χ2n) is 6.96. The van der Waals surface area contributed by atoms with Gasteiger partial charge in [0.1, 0.15) is 15.4 Å². The Morgan fingerprint density at radius 2 is 1.87 bits per heavy atom. The second-order valence-corrected chi connectivity index (χ2v) is 9.95. The second kappa shape index (κ2) is 7.04. The highest BCUT2D eigenvalue weighted by Gasteiger charge is 2.70. The Morgan fingerprint density at radius 1 is 1.17 bits per heavy atom. The smallest absolute Gasteiger partial charge is 0.374 e. The number of nitrogens with zero attached hydrogens (tertiary/aromatic N) is 1. The van der Waals surface area contributed by atoms with E-state index in [2.05, 4.69) is 14.4 Å². The van der Waals surface area contributed by atoms with Crippen molar-refractivity contribution < 1.29 is 32.7 Å². The third-order valence-electron chi connectivity index (χ3n) is 5.24. The lowest BCUT2D eigenvalue weighted by Crippen LogP contribution is -2.45. The van der Waals surface area contributed by atoms with Gasteiger partial charge in [-0.25, -0.2) is 13.2 Å². The first-order valence-electron chi connectivity index (χ1n) is 8.79. The molecule has 0 saturated heterocycles. The highest BCUT2D eigenvalue weighted by molar-refractivity contribution is 7.91. The van der Waals surface area contributed by atoms with E-state index in [1.807, 2.05) is 0 Å². The van der Waals surface area contributed by atoms with E-state index in [0.29, 0.717) is 4.88 Å². The Balaban J connectivity index is 1.63. The molecule has 1 saturated carbocycles. The zero-order chi connectivity index (χ0) is 21.7. The molecule has 4 rings (SSSR count). The molecule has 9 nitrogen and oxygen atoms in total. The Labute approximate surface area is 175 Å². The minimum atomic E-state index is -4.16.